The van der Waals surface area contributed by atoms with Gasteiger partial charge < -0.3 is 5.11 Å². The monoisotopic (exact) mass is 220 g/mol. The van der Waals surface area contributed by atoms with Crippen LogP contribution in [0.5, 0.6) is 0 Å². The van der Waals surface area contributed by atoms with E-state index in [4.69, 9.17) is 5.11 Å². The van der Waals surface area contributed by atoms with Crippen LogP contribution in [-0.2, 0) is 11.2 Å². The Hall–Kier alpha value is -0.970. The Balaban J connectivity index is 2.94. The molecule has 0 aromatic carbocycles. The number of alkyl halides is 2. The Morgan fingerprint density at radius 3 is 2.50 bits per heavy atom. The van der Waals surface area contributed by atoms with E-state index in [1.807, 2.05) is 0 Å². The Bertz CT molecular complexity index is 338. The molecule has 14 heavy (non-hydrogen) atoms. The van der Waals surface area contributed by atoms with Crippen LogP contribution in [0.4, 0.5) is 8.78 Å². The molecule has 0 aliphatic rings. The van der Waals surface area contributed by atoms with Gasteiger partial charge in [0.1, 0.15) is 0 Å². The number of aliphatic carboxylic acids is 1. The molecule has 0 aliphatic carbocycles. The lowest BCUT2D eigenvalue weighted by Gasteiger charge is -2.11. The Morgan fingerprint density at radius 1 is 1.57 bits per heavy atom. The second-order valence-corrected chi connectivity index (χ2v) is 4.22. The molecule has 78 valence electrons. The van der Waals surface area contributed by atoms with Crippen molar-refractivity contribution in [3.05, 3.63) is 21.4 Å². The Morgan fingerprint density at radius 2 is 2.14 bits per heavy atom. The van der Waals surface area contributed by atoms with Gasteiger partial charge in [-0.3, -0.25) is 0 Å². The van der Waals surface area contributed by atoms with E-state index in [0.29, 0.717) is 5.56 Å². The molecule has 0 spiro atoms. The zero-order chi connectivity index (χ0) is 10.9. The fourth-order valence-corrected chi connectivity index (χ4v) is 2.03. The summed E-state index contributed by atoms with van der Waals surface area (Å²) in [6, 6.07) is 0. The van der Waals surface area contributed by atoms with Crippen molar-refractivity contribution in [2.24, 2.45) is 0 Å². The summed E-state index contributed by atoms with van der Waals surface area (Å²) in [5.74, 6) is -5.74. The fraction of sp³-hybridized carbons (Fsp3) is 0.444. The van der Waals surface area contributed by atoms with E-state index in [-0.39, 0.29) is 0 Å². The number of carboxylic acid groups (broad SMARTS) is 1. The second-order valence-electron chi connectivity index (χ2n) is 3.14. The number of halogens is 2. The van der Waals surface area contributed by atoms with Crippen LogP contribution in [0.3, 0.4) is 0 Å². The molecule has 1 heterocycles. The molecule has 5 heteroatoms. The molecule has 0 bridgehead atoms. The van der Waals surface area contributed by atoms with E-state index < -0.39 is 18.3 Å². The second kappa shape index (κ2) is 3.65. The molecule has 0 saturated heterocycles. The van der Waals surface area contributed by atoms with Crippen molar-refractivity contribution in [3.8, 4) is 0 Å². The third-order valence-corrected chi connectivity index (χ3v) is 3.10. The lowest BCUT2D eigenvalue weighted by atomic mass is 10.0. The quantitative estimate of drug-likeness (QED) is 0.850. The molecule has 0 aliphatic heterocycles. The van der Waals surface area contributed by atoms with Crippen LogP contribution in [-0.4, -0.2) is 17.0 Å². The Kier molecular flexibility index (Phi) is 2.89. The summed E-state index contributed by atoms with van der Waals surface area (Å²) < 4.78 is 25.7. The zero-order valence-corrected chi connectivity index (χ0v) is 8.62. The predicted molar refractivity (Wildman–Crippen MR) is 50.1 cm³/mol. The SMILES string of the molecule is Cc1csc(C)c1CC(F)(F)C(=O)O. The van der Waals surface area contributed by atoms with Gasteiger partial charge in [-0.2, -0.15) is 8.78 Å². The van der Waals surface area contributed by atoms with Gasteiger partial charge in [-0.15, -0.1) is 11.3 Å². The average Bonchev–Trinajstić information content (AvgIpc) is 2.35. The highest BCUT2D eigenvalue weighted by atomic mass is 32.1. The maximum Gasteiger partial charge on any atom is 0.374 e. The van der Waals surface area contributed by atoms with Crippen molar-refractivity contribution < 1.29 is 18.7 Å². The van der Waals surface area contributed by atoms with E-state index in [2.05, 4.69) is 0 Å². The number of rotatable bonds is 3. The van der Waals surface area contributed by atoms with Crippen LogP contribution in [0.15, 0.2) is 5.38 Å². The minimum absolute atomic E-state index is 0.447. The standard InChI is InChI=1S/C9H10F2O2S/c1-5-4-14-6(2)7(5)3-9(10,11)8(12)13/h4H,3H2,1-2H3,(H,12,13). The number of hydrogen-bond donors (Lipinski definition) is 1. The average molecular weight is 220 g/mol. The maximum absolute atomic E-state index is 12.9. The van der Waals surface area contributed by atoms with Gasteiger partial charge >= 0.3 is 11.9 Å². The third-order valence-electron chi connectivity index (χ3n) is 2.03. The molecule has 0 unspecified atom stereocenters. The van der Waals surface area contributed by atoms with Gasteiger partial charge in [0.15, 0.2) is 0 Å². The van der Waals surface area contributed by atoms with Crippen LogP contribution >= 0.6 is 11.3 Å². The van der Waals surface area contributed by atoms with E-state index in [1.165, 1.54) is 11.3 Å². The number of aryl methyl sites for hydroxylation is 2. The minimum Gasteiger partial charge on any atom is -0.477 e. The highest BCUT2D eigenvalue weighted by molar-refractivity contribution is 7.10. The highest BCUT2D eigenvalue weighted by Gasteiger charge is 2.39. The van der Waals surface area contributed by atoms with Gasteiger partial charge in [-0.05, 0) is 30.4 Å². The van der Waals surface area contributed by atoms with Gasteiger partial charge in [0.05, 0.1) is 0 Å². The molecular weight excluding hydrogens is 210 g/mol. The van der Waals surface area contributed by atoms with Crippen LogP contribution < -0.4 is 0 Å². The highest BCUT2D eigenvalue weighted by Crippen LogP contribution is 2.28. The molecule has 0 fully saturated rings. The summed E-state index contributed by atoms with van der Waals surface area (Å²) in [4.78, 5) is 11.0. The van der Waals surface area contributed by atoms with E-state index in [0.717, 1.165) is 10.4 Å². The Labute approximate surface area is 84.2 Å². The maximum atomic E-state index is 12.9. The van der Waals surface area contributed by atoms with Gasteiger partial charge in [0.2, 0.25) is 0 Å². The molecule has 1 rings (SSSR count). The molecule has 0 saturated carbocycles. The molecule has 1 aromatic rings. The van der Waals surface area contributed by atoms with Crippen LogP contribution in [0, 0.1) is 13.8 Å². The first-order valence-electron chi connectivity index (χ1n) is 3.99. The minimum atomic E-state index is -3.67. The summed E-state index contributed by atoms with van der Waals surface area (Å²) in [6.07, 6.45) is -0.719. The van der Waals surface area contributed by atoms with E-state index in [9.17, 15) is 13.6 Å². The fourth-order valence-electron chi connectivity index (χ4n) is 1.16. The van der Waals surface area contributed by atoms with Crippen molar-refractivity contribution in [1.29, 1.82) is 0 Å². The molecule has 0 amide bonds. The normalized spacial score (nSPS) is 11.7. The van der Waals surface area contributed by atoms with Gasteiger partial charge in [-0.1, -0.05) is 0 Å². The topological polar surface area (TPSA) is 37.3 Å². The molecule has 0 atom stereocenters. The first-order chi connectivity index (χ1) is 6.34. The van der Waals surface area contributed by atoms with Crippen molar-refractivity contribution in [2.45, 2.75) is 26.2 Å². The molecule has 1 N–H and O–H groups in total. The number of carbonyl (C=O) groups is 1. The van der Waals surface area contributed by atoms with Gasteiger partial charge in [0, 0.05) is 11.3 Å². The molecule has 2 nitrogen and oxygen atoms in total. The number of carboxylic acids is 1. The van der Waals surface area contributed by atoms with Crippen molar-refractivity contribution in [2.75, 3.05) is 0 Å². The smallest absolute Gasteiger partial charge is 0.374 e. The van der Waals surface area contributed by atoms with Crippen LogP contribution in [0.1, 0.15) is 16.0 Å². The van der Waals surface area contributed by atoms with Crippen molar-refractivity contribution >= 4 is 17.3 Å². The van der Waals surface area contributed by atoms with Gasteiger partial charge in [0.25, 0.3) is 0 Å². The zero-order valence-electron chi connectivity index (χ0n) is 7.80. The van der Waals surface area contributed by atoms with Crippen molar-refractivity contribution in [3.63, 3.8) is 0 Å². The van der Waals surface area contributed by atoms with E-state index >= 15 is 0 Å². The summed E-state index contributed by atoms with van der Waals surface area (Å²) in [6.45, 7) is 3.42. The molecular formula is C9H10F2O2S. The predicted octanol–water partition coefficient (Wildman–Crippen LogP) is 2.63. The van der Waals surface area contributed by atoms with E-state index in [1.54, 1.807) is 19.2 Å². The van der Waals surface area contributed by atoms with Crippen molar-refractivity contribution in [1.82, 2.24) is 0 Å². The summed E-state index contributed by atoms with van der Waals surface area (Å²) in [5.41, 5.74) is 1.18. The number of hydrogen-bond acceptors (Lipinski definition) is 2. The molecule has 1 aromatic heterocycles. The summed E-state index contributed by atoms with van der Waals surface area (Å²) in [7, 11) is 0. The first-order valence-corrected chi connectivity index (χ1v) is 4.87. The van der Waals surface area contributed by atoms with Crippen LogP contribution in [0.2, 0.25) is 0 Å². The molecule has 0 radical (unpaired) electrons. The largest absolute Gasteiger partial charge is 0.477 e. The first kappa shape index (κ1) is 11.1. The summed E-state index contributed by atoms with van der Waals surface area (Å²) in [5, 5.41) is 10.0. The number of thiophene rings is 1. The van der Waals surface area contributed by atoms with Gasteiger partial charge in [-0.25, -0.2) is 4.79 Å². The lowest BCUT2D eigenvalue weighted by Crippen LogP contribution is -2.30. The van der Waals surface area contributed by atoms with Crippen LogP contribution in [0.25, 0.3) is 0 Å². The summed E-state index contributed by atoms with van der Waals surface area (Å²) >= 11 is 1.36. The third kappa shape index (κ3) is 2.09. The lowest BCUT2D eigenvalue weighted by molar-refractivity contribution is -0.164.